The number of rotatable bonds is 3. The third-order valence-corrected chi connectivity index (χ3v) is 5.66. The van der Waals surface area contributed by atoms with Crippen LogP contribution in [0.2, 0.25) is 0 Å². The van der Waals surface area contributed by atoms with Crippen LogP contribution in [0.5, 0.6) is 0 Å². The van der Waals surface area contributed by atoms with Crippen LogP contribution in [0.3, 0.4) is 0 Å². The van der Waals surface area contributed by atoms with Crippen molar-refractivity contribution in [1.29, 1.82) is 0 Å². The Labute approximate surface area is 173 Å². The van der Waals surface area contributed by atoms with E-state index in [0.29, 0.717) is 5.69 Å². The lowest BCUT2D eigenvalue weighted by atomic mass is 9.98. The number of anilines is 1. The Morgan fingerprint density at radius 2 is 2.16 bits per heavy atom. The van der Waals surface area contributed by atoms with E-state index in [9.17, 15) is 31.9 Å². The summed E-state index contributed by atoms with van der Waals surface area (Å²) in [5.74, 6) is -4.86. The van der Waals surface area contributed by atoms with Crippen molar-refractivity contribution in [3.05, 3.63) is 40.7 Å². The van der Waals surface area contributed by atoms with Crippen molar-refractivity contribution in [3.63, 3.8) is 0 Å². The molecule has 0 spiro atoms. The molecule has 4 heterocycles. The van der Waals surface area contributed by atoms with E-state index in [2.05, 4.69) is 15.4 Å². The van der Waals surface area contributed by atoms with Gasteiger partial charge in [0.2, 0.25) is 0 Å². The van der Waals surface area contributed by atoms with Crippen molar-refractivity contribution in [2.45, 2.75) is 44.7 Å². The molecule has 4 rings (SSSR count). The van der Waals surface area contributed by atoms with Gasteiger partial charge in [-0.25, -0.2) is 18.0 Å². The molecule has 168 valence electrons. The lowest BCUT2D eigenvalue weighted by Crippen LogP contribution is -2.39. The first-order valence-corrected chi connectivity index (χ1v) is 9.77. The van der Waals surface area contributed by atoms with Gasteiger partial charge in [0.1, 0.15) is 11.4 Å². The number of carbonyl (C=O) groups is 1. The number of pyridine rings is 1. The molecule has 2 aliphatic heterocycles. The molecule has 0 fully saturated rings. The van der Waals surface area contributed by atoms with Crippen molar-refractivity contribution in [2.75, 3.05) is 18.5 Å². The fourth-order valence-corrected chi connectivity index (χ4v) is 4.03. The summed E-state index contributed by atoms with van der Waals surface area (Å²) in [6, 6.07) is 0.241. The Morgan fingerprint density at radius 3 is 2.87 bits per heavy atom. The van der Waals surface area contributed by atoms with Crippen LogP contribution in [0.4, 0.5) is 32.4 Å². The first-order valence-electron chi connectivity index (χ1n) is 9.77. The molecule has 0 saturated heterocycles. The van der Waals surface area contributed by atoms with Crippen molar-refractivity contribution in [2.24, 2.45) is 5.92 Å². The van der Waals surface area contributed by atoms with Gasteiger partial charge in [-0.1, -0.05) is 0 Å². The quantitative estimate of drug-likeness (QED) is 0.710. The fraction of sp³-hybridized carbons (Fsp3) is 0.526. The molecular formula is C19H20F5N5O2. The van der Waals surface area contributed by atoms with Crippen molar-refractivity contribution in [1.82, 2.24) is 19.7 Å². The van der Waals surface area contributed by atoms with E-state index >= 15 is 0 Å². The minimum Gasteiger partial charge on any atom is -0.396 e. The second kappa shape index (κ2) is 8.06. The van der Waals surface area contributed by atoms with E-state index in [-0.39, 0.29) is 56.3 Å². The lowest BCUT2D eigenvalue weighted by molar-refractivity contribution is -0.0226. The number of aromatic nitrogens is 3. The van der Waals surface area contributed by atoms with Crippen molar-refractivity contribution in [3.8, 4) is 0 Å². The van der Waals surface area contributed by atoms with E-state index in [0.717, 1.165) is 12.3 Å². The minimum absolute atomic E-state index is 0.138. The molecule has 0 unspecified atom stereocenters. The maximum absolute atomic E-state index is 14.8. The number of nitrogens with zero attached hydrogens (tertiary/aromatic N) is 4. The Kier molecular flexibility index (Phi) is 5.58. The summed E-state index contributed by atoms with van der Waals surface area (Å²) in [5, 5.41) is 15.9. The van der Waals surface area contributed by atoms with Crippen LogP contribution in [0, 0.1) is 11.7 Å². The molecule has 1 atom stereocenters. The van der Waals surface area contributed by atoms with Gasteiger partial charge in [0.15, 0.2) is 5.82 Å². The van der Waals surface area contributed by atoms with E-state index in [1.54, 1.807) is 0 Å². The first-order chi connectivity index (χ1) is 14.7. The zero-order valence-electron chi connectivity index (χ0n) is 16.3. The van der Waals surface area contributed by atoms with E-state index in [1.807, 2.05) is 0 Å². The van der Waals surface area contributed by atoms with Gasteiger partial charge in [-0.2, -0.15) is 13.9 Å². The van der Waals surface area contributed by atoms with Gasteiger partial charge in [-0.3, -0.25) is 9.67 Å². The first kappa shape index (κ1) is 21.5. The second-order valence-electron chi connectivity index (χ2n) is 7.71. The fourth-order valence-electron chi connectivity index (χ4n) is 4.03. The zero-order chi connectivity index (χ0) is 22.3. The number of urea groups is 1. The average molecular weight is 445 g/mol. The van der Waals surface area contributed by atoms with Gasteiger partial charge >= 0.3 is 6.03 Å². The monoisotopic (exact) mass is 445 g/mol. The number of aliphatic hydroxyl groups is 1. The predicted molar refractivity (Wildman–Crippen MR) is 98.2 cm³/mol. The van der Waals surface area contributed by atoms with Crippen LogP contribution in [-0.2, 0) is 25.4 Å². The Balaban J connectivity index is 1.58. The molecule has 2 aromatic heterocycles. The summed E-state index contributed by atoms with van der Waals surface area (Å²) in [4.78, 5) is 17.1. The molecule has 2 amide bonds. The number of carbonyl (C=O) groups excluding carboxylic acids is 1. The van der Waals surface area contributed by atoms with Crippen LogP contribution >= 0.6 is 0 Å². The zero-order valence-corrected chi connectivity index (χ0v) is 16.3. The number of aliphatic hydroxyl groups excluding tert-OH is 1. The SMILES string of the molecule is O=C(Nc1ccnc(C(F)F)c1F)N1CCc2nn3c(c2C1)C(F)(F)CC[C@H](CO)C3. The molecule has 2 N–H and O–H groups in total. The summed E-state index contributed by atoms with van der Waals surface area (Å²) in [6.07, 6.45) is -2.29. The highest BCUT2D eigenvalue weighted by Crippen LogP contribution is 2.41. The predicted octanol–water partition coefficient (Wildman–Crippen LogP) is 3.44. The molecule has 2 aliphatic rings. The van der Waals surface area contributed by atoms with Gasteiger partial charge in [-0.05, 0) is 12.5 Å². The molecule has 0 aliphatic carbocycles. The second-order valence-corrected chi connectivity index (χ2v) is 7.71. The van der Waals surface area contributed by atoms with E-state index < -0.39 is 42.0 Å². The summed E-state index contributed by atoms with van der Waals surface area (Å²) >= 11 is 0. The Morgan fingerprint density at radius 1 is 1.39 bits per heavy atom. The standard InChI is InChI=1S/C19H20F5N5O2/c20-14-13(2-5-25-15(14)17(21)22)26-18(31)28-6-3-12-11(8-28)16-19(23,24)4-1-10(9-30)7-29(16)27-12/h2,5,10,17,30H,1,3-4,6-9H2,(H,25,26,31)/t10-/m0/s1. The molecule has 0 radical (unpaired) electrons. The molecule has 0 saturated carbocycles. The molecule has 31 heavy (non-hydrogen) atoms. The van der Waals surface area contributed by atoms with Crippen LogP contribution in [0.25, 0.3) is 0 Å². The number of alkyl halides is 4. The normalized spacial score (nSPS) is 20.2. The molecule has 7 nitrogen and oxygen atoms in total. The van der Waals surface area contributed by atoms with Crippen LogP contribution < -0.4 is 5.32 Å². The number of hydrogen-bond acceptors (Lipinski definition) is 4. The third kappa shape index (κ3) is 3.95. The lowest BCUT2D eigenvalue weighted by Gasteiger charge is -2.28. The van der Waals surface area contributed by atoms with Crippen LogP contribution in [0.1, 0.15) is 41.9 Å². The smallest absolute Gasteiger partial charge is 0.322 e. The molecule has 12 heteroatoms. The highest BCUT2D eigenvalue weighted by atomic mass is 19.3. The maximum Gasteiger partial charge on any atom is 0.322 e. The molecule has 0 bridgehead atoms. The number of nitrogens with one attached hydrogen (secondary N) is 1. The van der Waals surface area contributed by atoms with Crippen LogP contribution in [0.15, 0.2) is 12.3 Å². The minimum atomic E-state index is -3.17. The molecule has 2 aromatic rings. The number of hydrogen-bond donors (Lipinski definition) is 2. The summed E-state index contributed by atoms with van der Waals surface area (Å²) in [7, 11) is 0. The van der Waals surface area contributed by atoms with Crippen molar-refractivity contribution >= 4 is 11.7 Å². The van der Waals surface area contributed by atoms with Gasteiger partial charge in [0.25, 0.3) is 12.3 Å². The Hall–Kier alpha value is -2.76. The molecule has 0 aromatic carbocycles. The molecular weight excluding hydrogens is 425 g/mol. The third-order valence-electron chi connectivity index (χ3n) is 5.66. The van der Waals surface area contributed by atoms with Gasteiger partial charge in [0.05, 0.1) is 17.9 Å². The summed E-state index contributed by atoms with van der Waals surface area (Å²) in [5.41, 5.74) is -1.14. The number of fused-ring (bicyclic) bond motifs is 3. The average Bonchev–Trinajstić information content (AvgIpc) is 3.04. The number of halogens is 5. The van der Waals surface area contributed by atoms with E-state index in [1.165, 1.54) is 9.58 Å². The van der Waals surface area contributed by atoms with Gasteiger partial charge < -0.3 is 15.3 Å². The van der Waals surface area contributed by atoms with E-state index in [4.69, 9.17) is 0 Å². The highest BCUT2D eigenvalue weighted by Gasteiger charge is 2.43. The summed E-state index contributed by atoms with van der Waals surface area (Å²) in [6.45, 7) is -0.116. The van der Waals surface area contributed by atoms with Gasteiger partial charge in [0, 0.05) is 50.2 Å². The van der Waals surface area contributed by atoms with Gasteiger partial charge in [-0.15, -0.1) is 0 Å². The maximum atomic E-state index is 14.8. The topological polar surface area (TPSA) is 83.3 Å². The summed E-state index contributed by atoms with van der Waals surface area (Å²) < 4.78 is 70.7. The largest absolute Gasteiger partial charge is 0.396 e. The highest BCUT2D eigenvalue weighted by molar-refractivity contribution is 5.89. The number of amides is 2. The van der Waals surface area contributed by atoms with Crippen molar-refractivity contribution < 1.29 is 31.9 Å². The van der Waals surface area contributed by atoms with Crippen LogP contribution in [-0.4, -0.2) is 44.0 Å². The Bertz CT molecular complexity index is 996.